The number of benzene rings is 1. The molecule has 0 saturated heterocycles. The van der Waals surface area contributed by atoms with Crippen molar-refractivity contribution in [1.82, 2.24) is 4.74 Å². The van der Waals surface area contributed by atoms with E-state index in [4.69, 9.17) is 16.1 Å². The summed E-state index contributed by atoms with van der Waals surface area (Å²) in [5, 5.41) is 2.71. The number of hydrogen-bond donors (Lipinski definition) is 1. The SMILES string of the molecule is COC(=O)c1ccc(Cl)c(NC(=O)c2c(C)n(C)oc2=O)c1. The highest BCUT2D eigenvalue weighted by atomic mass is 35.5. The minimum Gasteiger partial charge on any atom is -0.465 e. The summed E-state index contributed by atoms with van der Waals surface area (Å²) in [6.07, 6.45) is 0. The standard InChI is InChI=1S/C14H13ClN2O5/c1-7-11(14(20)22-17(7)2)12(18)16-10-6-8(13(19)21-3)4-5-9(10)15/h4-6H,1-3H3,(H,16,18). The third kappa shape index (κ3) is 2.89. The molecule has 1 N–H and O–H groups in total. The van der Waals surface area contributed by atoms with Crippen LogP contribution in [0.15, 0.2) is 27.5 Å². The normalized spacial score (nSPS) is 10.4. The number of hydrogen-bond acceptors (Lipinski definition) is 5. The summed E-state index contributed by atoms with van der Waals surface area (Å²) < 4.78 is 10.6. The fourth-order valence-corrected chi connectivity index (χ4v) is 2.02. The monoisotopic (exact) mass is 324 g/mol. The molecule has 2 aromatic rings. The van der Waals surface area contributed by atoms with Gasteiger partial charge in [-0.05, 0) is 25.1 Å². The van der Waals surface area contributed by atoms with Crippen LogP contribution in [-0.4, -0.2) is 23.7 Å². The molecule has 0 saturated carbocycles. The molecule has 1 heterocycles. The molecule has 1 aromatic heterocycles. The number of esters is 1. The van der Waals surface area contributed by atoms with Gasteiger partial charge < -0.3 is 14.6 Å². The molecule has 0 aliphatic rings. The van der Waals surface area contributed by atoms with Gasteiger partial charge in [0, 0.05) is 7.05 Å². The third-order valence-corrected chi connectivity index (χ3v) is 3.45. The number of amides is 1. The van der Waals surface area contributed by atoms with Crippen molar-refractivity contribution in [3.05, 3.63) is 50.5 Å². The average Bonchev–Trinajstić information content (AvgIpc) is 2.73. The van der Waals surface area contributed by atoms with Crippen LogP contribution < -0.4 is 10.9 Å². The van der Waals surface area contributed by atoms with E-state index in [1.807, 2.05) is 0 Å². The van der Waals surface area contributed by atoms with E-state index in [2.05, 4.69) is 10.1 Å². The third-order valence-electron chi connectivity index (χ3n) is 3.12. The highest BCUT2D eigenvalue weighted by molar-refractivity contribution is 6.34. The number of methoxy groups -OCH3 is 1. The van der Waals surface area contributed by atoms with E-state index >= 15 is 0 Å². The van der Waals surface area contributed by atoms with Gasteiger partial charge in [-0.1, -0.05) is 11.6 Å². The molecule has 0 fully saturated rings. The van der Waals surface area contributed by atoms with Crippen molar-refractivity contribution in [1.29, 1.82) is 0 Å². The molecule has 0 aliphatic heterocycles. The molecule has 0 radical (unpaired) electrons. The quantitative estimate of drug-likeness (QED) is 0.872. The lowest BCUT2D eigenvalue weighted by molar-refractivity contribution is 0.0600. The van der Waals surface area contributed by atoms with Gasteiger partial charge in [-0.2, -0.15) is 0 Å². The molecular weight excluding hydrogens is 312 g/mol. The number of ether oxygens (including phenoxy) is 1. The fraction of sp³-hybridized carbons (Fsp3) is 0.214. The van der Waals surface area contributed by atoms with Gasteiger partial charge in [0.05, 0.1) is 29.1 Å². The Bertz CT molecular complexity index is 806. The van der Waals surface area contributed by atoms with Crippen LogP contribution in [0.1, 0.15) is 26.4 Å². The highest BCUT2D eigenvalue weighted by Crippen LogP contribution is 2.24. The summed E-state index contributed by atoms with van der Waals surface area (Å²) in [7, 11) is 2.76. The number of halogens is 1. The number of carbonyl (C=O) groups is 2. The summed E-state index contributed by atoms with van der Waals surface area (Å²) in [5.74, 6) is -1.24. The number of anilines is 1. The van der Waals surface area contributed by atoms with E-state index in [-0.39, 0.29) is 21.8 Å². The number of rotatable bonds is 3. The van der Waals surface area contributed by atoms with Crippen molar-refractivity contribution in [2.75, 3.05) is 12.4 Å². The first-order chi connectivity index (χ1) is 10.3. The molecule has 7 nitrogen and oxygen atoms in total. The first-order valence-electron chi connectivity index (χ1n) is 6.21. The first-order valence-corrected chi connectivity index (χ1v) is 6.59. The van der Waals surface area contributed by atoms with Crippen LogP contribution in [0.25, 0.3) is 0 Å². The average molecular weight is 325 g/mol. The second kappa shape index (κ2) is 6.07. The van der Waals surface area contributed by atoms with E-state index in [1.54, 1.807) is 6.92 Å². The van der Waals surface area contributed by atoms with Gasteiger partial charge in [0.1, 0.15) is 5.56 Å². The molecule has 0 aliphatic carbocycles. The molecule has 1 amide bonds. The van der Waals surface area contributed by atoms with E-state index in [9.17, 15) is 14.4 Å². The van der Waals surface area contributed by atoms with Gasteiger partial charge in [0.2, 0.25) is 0 Å². The smallest absolute Gasteiger partial charge is 0.370 e. The maximum atomic E-state index is 12.2. The Morgan fingerprint density at radius 2 is 2.05 bits per heavy atom. The van der Waals surface area contributed by atoms with E-state index in [0.717, 1.165) is 0 Å². The van der Waals surface area contributed by atoms with E-state index in [0.29, 0.717) is 5.69 Å². The van der Waals surface area contributed by atoms with Crippen LogP contribution in [0, 0.1) is 6.92 Å². The Hall–Kier alpha value is -2.54. The molecular formula is C14H13ClN2O5. The predicted octanol–water partition coefficient (Wildman–Crippen LogP) is 1.98. The predicted molar refractivity (Wildman–Crippen MR) is 79.4 cm³/mol. The zero-order chi connectivity index (χ0) is 16.4. The molecule has 0 unspecified atom stereocenters. The summed E-state index contributed by atoms with van der Waals surface area (Å²) in [4.78, 5) is 35.4. The summed E-state index contributed by atoms with van der Waals surface area (Å²) in [5.41, 5.74) is -0.0845. The number of aromatic nitrogens is 1. The van der Waals surface area contributed by atoms with Crippen molar-refractivity contribution in [2.45, 2.75) is 6.92 Å². The van der Waals surface area contributed by atoms with Crippen LogP contribution in [0.3, 0.4) is 0 Å². The number of aryl methyl sites for hydroxylation is 1. The molecule has 0 atom stereocenters. The Morgan fingerprint density at radius 1 is 1.36 bits per heavy atom. The van der Waals surface area contributed by atoms with Crippen LogP contribution >= 0.6 is 11.6 Å². The van der Waals surface area contributed by atoms with Gasteiger partial charge in [0.15, 0.2) is 0 Å². The molecule has 1 aromatic carbocycles. The largest absolute Gasteiger partial charge is 0.465 e. The maximum Gasteiger partial charge on any atom is 0.370 e. The van der Waals surface area contributed by atoms with Crippen LogP contribution in [0.2, 0.25) is 5.02 Å². The lowest BCUT2D eigenvalue weighted by Crippen LogP contribution is -2.20. The second-order valence-electron chi connectivity index (χ2n) is 4.48. The molecule has 0 bridgehead atoms. The number of nitrogens with zero attached hydrogens (tertiary/aromatic N) is 1. The van der Waals surface area contributed by atoms with Gasteiger partial charge >= 0.3 is 11.6 Å². The molecule has 2 rings (SSSR count). The Labute approximate surface area is 130 Å². The fourth-order valence-electron chi connectivity index (χ4n) is 1.85. The second-order valence-corrected chi connectivity index (χ2v) is 4.88. The molecule has 22 heavy (non-hydrogen) atoms. The lowest BCUT2D eigenvalue weighted by atomic mass is 10.2. The Balaban J connectivity index is 2.36. The number of carbonyl (C=O) groups excluding carboxylic acids is 2. The van der Waals surface area contributed by atoms with Crippen molar-refractivity contribution < 1.29 is 18.8 Å². The minimum atomic E-state index is -0.752. The van der Waals surface area contributed by atoms with Crippen molar-refractivity contribution in [2.24, 2.45) is 7.05 Å². The summed E-state index contributed by atoms with van der Waals surface area (Å²) in [6.45, 7) is 1.58. The van der Waals surface area contributed by atoms with Crippen LogP contribution in [0.4, 0.5) is 5.69 Å². The number of nitrogens with one attached hydrogen (secondary N) is 1. The highest BCUT2D eigenvalue weighted by Gasteiger charge is 2.21. The molecule has 116 valence electrons. The first kappa shape index (κ1) is 15.8. The Kier molecular flexibility index (Phi) is 4.37. The summed E-state index contributed by atoms with van der Waals surface area (Å²) >= 11 is 5.99. The van der Waals surface area contributed by atoms with E-state index in [1.165, 1.54) is 37.1 Å². The molecule has 8 heteroatoms. The van der Waals surface area contributed by atoms with Gasteiger partial charge in [0.25, 0.3) is 5.91 Å². The lowest BCUT2D eigenvalue weighted by Gasteiger charge is -2.08. The topological polar surface area (TPSA) is 90.5 Å². The zero-order valence-corrected chi connectivity index (χ0v) is 12.9. The minimum absolute atomic E-state index is 0.123. The van der Waals surface area contributed by atoms with Crippen molar-refractivity contribution in [3.8, 4) is 0 Å². The zero-order valence-electron chi connectivity index (χ0n) is 12.1. The van der Waals surface area contributed by atoms with Gasteiger partial charge in [-0.3, -0.25) is 4.79 Å². The van der Waals surface area contributed by atoms with Crippen molar-refractivity contribution >= 4 is 29.2 Å². The van der Waals surface area contributed by atoms with Crippen LogP contribution in [-0.2, 0) is 11.8 Å². The van der Waals surface area contributed by atoms with Gasteiger partial charge in [-0.25, -0.2) is 14.3 Å². The van der Waals surface area contributed by atoms with Gasteiger partial charge in [-0.15, -0.1) is 0 Å². The Morgan fingerprint density at radius 3 is 2.59 bits per heavy atom. The molecule has 0 spiro atoms. The van der Waals surface area contributed by atoms with E-state index < -0.39 is 17.5 Å². The maximum absolute atomic E-state index is 12.2. The summed E-state index contributed by atoms with van der Waals surface area (Å²) in [6, 6.07) is 4.28. The van der Waals surface area contributed by atoms with Crippen molar-refractivity contribution in [3.63, 3.8) is 0 Å². The van der Waals surface area contributed by atoms with Crippen LogP contribution in [0.5, 0.6) is 0 Å².